The molecule has 1 heterocycles. The van der Waals surface area contributed by atoms with E-state index in [1.165, 1.54) is 0 Å². The smallest absolute Gasteiger partial charge is 0.370 e. The molecular formula is C11H13ClF3N3O2. The lowest BCUT2D eigenvalue weighted by molar-refractivity contribution is -0.137. The van der Waals surface area contributed by atoms with E-state index in [4.69, 9.17) is 23.1 Å². The fourth-order valence-electron chi connectivity index (χ4n) is 1.02. The third kappa shape index (κ3) is 6.37. The van der Waals surface area contributed by atoms with Crippen LogP contribution in [0.4, 0.5) is 13.2 Å². The molecule has 0 bridgehead atoms. The van der Waals surface area contributed by atoms with Crippen LogP contribution in [0.3, 0.4) is 0 Å². The van der Waals surface area contributed by atoms with Crippen LogP contribution in [-0.2, 0) is 11.0 Å². The summed E-state index contributed by atoms with van der Waals surface area (Å²) in [5.74, 6) is -1.18. The molecule has 9 heteroatoms. The molecule has 1 aromatic heterocycles. The van der Waals surface area contributed by atoms with Gasteiger partial charge in [0.1, 0.15) is 5.69 Å². The van der Waals surface area contributed by atoms with Gasteiger partial charge in [-0.2, -0.15) is 13.2 Å². The highest BCUT2D eigenvalue weighted by Crippen LogP contribution is 2.30. The first-order valence-corrected chi connectivity index (χ1v) is 5.78. The Morgan fingerprint density at radius 3 is 2.15 bits per heavy atom. The summed E-state index contributed by atoms with van der Waals surface area (Å²) in [6, 6.07) is 0.606. The number of nitrogens with zero attached hydrogens (tertiary/aromatic N) is 1. The SMILES string of the molecule is CCCC(N)=O.NC(=O)c1ncc(C(F)(F)F)cc1Cl. The summed E-state index contributed by atoms with van der Waals surface area (Å²) in [5, 5.41) is -0.410. The third-order valence-electron chi connectivity index (χ3n) is 1.90. The molecule has 1 aromatic rings. The number of hydrogen-bond donors (Lipinski definition) is 2. The van der Waals surface area contributed by atoms with Crippen molar-refractivity contribution in [2.45, 2.75) is 25.9 Å². The summed E-state index contributed by atoms with van der Waals surface area (Å²) in [7, 11) is 0. The molecule has 0 atom stereocenters. The molecule has 5 nitrogen and oxygen atoms in total. The molecule has 0 unspecified atom stereocenters. The van der Waals surface area contributed by atoms with E-state index >= 15 is 0 Å². The summed E-state index contributed by atoms with van der Waals surface area (Å²) in [6.07, 6.45) is -2.66. The number of halogens is 4. The number of nitrogens with two attached hydrogens (primary N) is 2. The molecule has 0 spiro atoms. The molecule has 2 amide bonds. The van der Waals surface area contributed by atoms with Crippen molar-refractivity contribution in [3.8, 4) is 0 Å². The van der Waals surface area contributed by atoms with Gasteiger partial charge in [-0.15, -0.1) is 0 Å². The van der Waals surface area contributed by atoms with Crippen molar-refractivity contribution in [2.75, 3.05) is 0 Å². The fourth-order valence-corrected chi connectivity index (χ4v) is 1.28. The van der Waals surface area contributed by atoms with E-state index in [1.807, 2.05) is 6.92 Å². The van der Waals surface area contributed by atoms with E-state index < -0.39 is 22.7 Å². The predicted octanol–water partition coefficient (Wildman–Crippen LogP) is 2.12. The van der Waals surface area contributed by atoms with E-state index in [0.29, 0.717) is 18.7 Å². The Labute approximate surface area is 118 Å². The van der Waals surface area contributed by atoms with Crippen LogP contribution in [0.25, 0.3) is 0 Å². The van der Waals surface area contributed by atoms with E-state index in [9.17, 15) is 22.8 Å². The van der Waals surface area contributed by atoms with Crippen molar-refractivity contribution in [3.63, 3.8) is 0 Å². The highest BCUT2D eigenvalue weighted by atomic mass is 35.5. The van der Waals surface area contributed by atoms with Gasteiger partial charge in [-0.3, -0.25) is 9.59 Å². The highest BCUT2D eigenvalue weighted by molar-refractivity contribution is 6.33. The minimum absolute atomic E-state index is 0.211. The van der Waals surface area contributed by atoms with E-state index in [0.717, 1.165) is 6.42 Å². The standard InChI is InChI=1S/C7H4ClF3N2O.C4H9NO/c8-4-1-3(7(9,10)11)2-13-5(4)6(12)14;1-2-3-4(5)6/h1-2H,(H2,12,14);2-3H2,1H3,(H2,5,6). The van der Waals surface area contributed by atoms with Crippen molar-refractivity contribution >= 4 is 23.4 Å². The lowest BCUT2D eigenvalue weighted by atomic mass is 10.2. The first-order chi connectivity index (χ1) is 9.09. The number of aromatic nitrogens is 1. The average molecular weight is 312 g/mol. The molecule has 4 N–H and O–H groups in total. The van der Waals surface area contributed by atoms with Crippen molar-refractivity contribution in [1.82, 2.24) is 4.98 Å². The molecule has 20 heavy (non-hydrogen) atoms. The number of hydrogen-bond acceptors (Lipinski definition) is 3. The van der Waals surface area contributed by atoms with E-state index in [1.54, 1.807) is 0 Å². The Bertz CT molecular complexity index is 492. The molecule has 0 aliphatic carbocycles. The largest absolute Gasteiger partial charge is 0.417 e. The van der Waals surface area contributed by atoms with Gasteiger partial charge in [0.05, 0.1) is 10.6 Å². The summed E-state index contributed by atoms with van der Waals surface area (Å²) >= 11 is 5.37. The highest BCUT2D eigenvalue weighted by Gasteiger charge is 2.31. The van der Waals surface area contributed by atoms with Crippen LogP contribution in [0, 0.1) is 0 Å². The Morgan fingerprint density at radius 2 is 1.90 bits per heavy atom. The molecule has 0 saturated heterocycles. The summed E-state index contributed by atoms with van der Waals surface area (Å²) in [4.78, 5) is 23.6. The van der Waals surface area contributed by atoms with Gasteiger partial charge in [-0.1, -0.05) is 18.5 Å². The number of alkyl halides is 3. The van der Waals surface area contributed by atoms with Gasteiger partial charge in [0.25, 0.3) is 5.91 Å². The summed E-state index contributed by atoms with van der Waals surface area (Å²) in [6.45, 7) is 1.92. The first-order valence-electron chi connectivity index (χ1n) is 5.40. The molecular weight excluding hydrogens is 299 g/mol. The quantitative estimate of drug-likeness (QED) is 0.894. The second-order valence-electron chi connectivity index (χ2n) is 3.63. The minimum Gasteiger partial charge on any atom is -0.370 e. The Hall–Kier alpha value is -1.83. The van der Waals surface area contributed by atoms with Gasteiger partial charge >= 0.3 is 6.18 Å². The number of carbonyl (C=O) groups is 2. The van der Waals surface area contributed by atoms with Gasteiger partial charge in [0.15, 0.2) is 0 Å². The Balaban J connectivity index is 0.000000511. The predicted molar refractivity (Wildman–Crippen MR) is 66.9 cm³/mol. The lowest BCUT2D eigenvalue weighted by Gasteiger charge is -2.06. The zero-order valence-corrected chi connectivity index (χ0v) is 11.3. The van der Waals surface area contributed by atoms with Gasteiger partial charge in [0.2, 0.25) is 5.91 Å². The average Bonchev–Trinajstić information content (AvgIpc) is 2.27. The second-order valence-corrected chi connectivity index (χ2v) is 4.04. The van der Waals surface area contributed by atoms with Crippen LogP contribution >= 0.6 is 11.6 Å². The maximum Gasteiger partial charge on any atom is 0.417 e. The van der Waals surface area contributed by atoms with Crippen LogP contribution in [0.15, 0.2) is 12.3 Å². The van der Waals surface area contributed by atoms with Crippen molar-refractivity contribution < 1.29 is 22.8 Å². The number of carbonyl (C=O) groups excluding carboxylic acids is 2. The molecule has 0 aliphatic rings. The Kier molecular flexibility index (Phi) is 6.98. The molecule has 1 rings (SSSR count). The van der Waals surface area contributed by atoms with Gasteiger partial charge in [0, 0.05) is 12.6 Å². The van der Waals surface area contributed by atoms with Crippen molar-refractivity contribution in [1.29, 1.82) is 0 Å². The van der Waals surface area contributed by atoms with Crippen LogP contribution in [0.5, 0.6) is 0 Å². The zero-order chi connectivity index (χ0) is 15.9. The maximum atomic E-state index is 12.1. The minimum atomic E-state index is -4.53. The van der Waals surface area contributed by atoms with E-state index in [2.05, 4.69) is 4.98 Å². The molecule has 0 saturated carbocycles. The van der Waals surface area contributed by atoms with Gasteiger partial charge in [-0.25, -0.2) is 4.98 Å². The van der Waals surface area contributed by atoms with Gasteiger partial charge < -0.3 is 11.5 Å². The first kappa shape index (κ1) is 18.2. The number of amides is 2. The number of rotatable bonds is 3. The molecule has 112 valence electrons. The van der Waals surface area contributed by atoms with E-state index in [-0.39, 0.29) is 11.6 Å². The third-order valence-corrected chi connectivity index (χ3v) is 2.19. The fraction of sp³-hybridized carbons (Fsp3) is 0.364. The number of primary amides is 2. The molecule has 0 radical (unpaired) electrons. The number of pyridine rings is 1. The van der Waals surface area contributed by atoms with Crippen LogP contribution < -0.4 is 11.5 Å². The lowest BCUT2D eigenvalue weighted by Crippen LogP contribution is -2.15. The monoisotopic (exact) mass is 311 g/mol. The Morgan fingerprint density at radius 1 is 1.35 bits per heavy atom. The van der Waals surface area contributed by atoms with Crippen LogP contribution in [-0.4, -0.2) is 16.8 Å². The zero-order valence-electron chi connectivity index (χ0n) is 10.5. The van der Waals surface area contributed by atoms with Gasteiger partial charge in [-0.05, 0) is 12.5 Å². The van der Waals surface area contributed by atoms with Crippen molar-refractivity contribution in [2.24, 2.45) is 11.5 Å². The topological polar surface area (TPSA) is 99.1 Å². The van der Waals surface area contributed by atoms with Crippen molar-refractivity contribution in [3.05, 3.63) is 28.5 Å². The summed E-state index contributed by atoms with van der Waals surface area (Å²) in [5.41, 5.74) is 8.17. The molecule has 0 aromatic carbocycles. The molecule has 0 aliphatic heterocycles. The summed E-state index contributed by atoms with van der Waals surface area (Å²) < 4.78 is 36.3. The van der Waals surface area contributed by atoms with Crippen LogP contribution in [0.2, 0.25) is 5.02 Å². The second kappa shape index (κ2) is 7.68. The maximum absolute atomic E-state index is 12.1. The normalized spacial score (nSPS) is 10.4. The van der Waals surface area contributed by atoms with Crippen LogP contribution in [0.1, 0.15) is 35.8 Å². The molecule has 0 fully saturated rings.